The molecule has 1 rings (SSSR count). The van der Waals surface area contributed by atoms with Crippen molar-refractivity contribution in [3.8, 4) is 0 Å². The molecule has 0 aliphatic heterocycles. The van der Waals surface area contributed by atoms with Crippen LogP contribution in [0.25, 0.3) is 0 Å². The minimum Gasteiger partial charge on any atom is -0.274 e. The summed E-state index contributed by atoms with van der Waals surface area (Å²) in [7, 11) is -5.63. The predicted molar refractivity (Wildman–Crippen MR) is 61.0 cm³/mol. The topological polar surface area (TPSA) is 63.2 Å². The molecule has 0 bridgehead atoms. The summed E-state index contributed by atoms with van der Waals surface area (Å²) in [4.78, 5) is 11.2. The third kappa shape index (κ3) is 3.98. The van der Waals surface area contributed by atoms with Gasteiger partial charge in [-0.2, -0.15) is 21.6 Å². The Morgan fingerprint density at radius 1 is 1.22 bits per heavy atom. The van der Waals surface area contributed by atoms with Gasteiger partial charge in [0.05, 0.1) is 6.42 Å². The molecule has 0 heterocycles. The zero-order valence-electron chi connectivity index (χ0n) is 8.66. The first-order valence-electron chi connectivity index (χ1n) is 4.48. The number of hydrogen-bond donors (Lipinski definition) is 1. The zero-order valence-corrected chi connectivity index (χ0v) is 11.1. The van der Waals surface area contributed by atoms with E-state index in [9.17, 15) is 26.4 Å². The average Bonchev–Trinajstić information content (AvgIpc) is 2.19. The molecule has 0 aromatic heterocycles. The Kier molecular flexibility index (Phi) is 4.38. The molecule has 18 heavy (non-hydrogen) atoms. The Labute approximate surface area is 109 Å². The van der Waals surface area contributed by atoms with Gasteiger partial charge in [-0.25, -0.2) is 4.72 Å². The number of nitrogens with one attached hydrogen (secondary N) is 1. The van der Waals surface area contributed by atoms with E-state index in [1.165, 1.54) is 12.1 Å². The summed E-state index contributed by atoms with van der Waals surface area (Å²) in [6.07, 6.45) is -0.456. The average molecular weight is 346 g/mol. The van der Waals surface area contributed by atoms with E-state index in [1.807, 2.05) is 0 Å². The third-order valence-corrected chi connectivity index (χ3v) is 3.47. The van der Waals surface area contributed by atoms with Crippen molar-refractivity contribution >= 4 is 31.9 Å². The summed E-state index contributed by atoms with van der Waals surface area (Å²) < 4.78 is 58.9. The number of benzene rings is 1. The quantitative estimate of drug-likeness (QED) is 0.910. The number of alkyl halides is 3. The van der Waals surface area contributed by atoms with Gasteiger partial charge in [0, 0.05) is 4.47 Å². The number of rotatable bonds is 3. The predicted octanol–water partition coefficient (Wildman–Crippen LogP) is 1.96. The molecule has 4 nitrogen and oxygen atoms in total. The number of halogens is 4. The lowest BCUT2D eigenvalue weighted by Gasteiger charge is -2.09. The Morgan fingerprint density at radius 2 is 1.72 bits per heavy atom. The van der Waals surface area contributed by atoms with Crippen molar-refractivity contribution < 1.29 is 26.4 Å². The van der Waals surface area contributed by atoms with Crippen LogP contribution in [0.15, 0.2) is 28.7 Å². The van der Waals surface area contributed by atoms with E-state index in [4.69, 9.17) is 0 Å². The van der Waals surface area contributed by atoms with Crippen LogP contribution in [0.3, 0.4) is 0 Å². The highest BCUT2D eigenvalue weighted by Gasteiger charge is 2.46. The molecule has 1 aromatic carbocycles. The van der Waals surface area contributed by atoms with Crippen LogP contribution in [0.2, 0.25) is 0 Å². The molecular weight excluding hydrogens is 339 g/mol. The van der Waals surface area contributed by atoms with E-state index in [0.29, 0.717) is 5.56 Å². The molecule has 0 radical (unpaired) electrons. The molecule has 0 unspecified atom stereocenters. The van der Waals surface area contributed by atoms with Crippen LogP contribution in [0.1, 0.15) is 5.56 Å². The van der Waals surface area contributed by atoms with Crippen molar-refractivity contribution in [3.05, 3.63) is 34.3 Å². The maximum Gasteiger partial charge on any atom is 0.516 e. The van der Waals surface area contributed by atoms with Gasteiger partial charge in [-0.1, -0.05) is 28.1 Å². The Morgan fingerprint density at radius 3 is 2.17 bits per heavy atom. The lowest BCUT2D eigenvalue weighted by Crippen LogP contribution is -2.40. The van der Waals surface area contributed by atoms with Crippen LogP contribution in [0.5, 0.6) is 0 Å². The highest BCUT2D eigenvalue weighted by molar-refractivity contribution is 9.10. The fourth-order valence-electron chi connectivity index (χ4n) is 1.03. The number of carbonyl (C=O) groups is 1. The summed E-state index contributed by atoms with van der Waals surface area (Å²) in [6, 6.07) is 6.15. The molecule has 0 saturated heterocycles. The van der Waals surface area contributed by atoms with Gasteiger partial charge >= 0.3 is 15.5 Å². The standard InChI is InChI=1S/C9H7BrF3NO3S/c10-7-3-1-6(2-4-7)5-8(15)14-18(16,17)9(11,12)13/h1-4H,5H2,(H,14,15). The first-order chi connectivity index (χ1) is 8.12. The van der Waals surface area contributed by atoms with Crippen LogP contribution in [0.4, 0.5) is 13.2 Å². The second kappa shape index (κ2) is 5.27. The summed E-state index contributed by atoms with van der Waals surface area (Å²) in [5.74, 6) is -1.24. The van der Waals surface area contributed by atoms with Gasteiger partial charge in [-0.05, 0) is 17.7 Å². The maximum atomic E-state index is 12.0. The van der Waals surface area contributed by atoms with Gasteiger partial charge in [0.15, 0.2) is 0 Å². The monoisotopic (exact) mass is 345 g/mol. The van der Waals surface area contributed by atoms with E-state index < -0.39 is 27.9 Å². The van der Waals surface area contributed by atoms with Crippen LogP contribution in [-0.2, 0) is 21.2 Å². The van der Waals surface area contributed by atoms with E-state index >= 15 is 0 Å². The summed E-state index contributed by atoms with van der Waals surface area (Å²) in [6.45, 7) is 0. The first kappa shape index (κ1) is 15.0. The summed E-state index contributed by atoms with van der Waals surface area (Å²) >= 11 is 3.14. The van der Waals surface area contributed by atoms with E-state index in [-0.39, 0.29) is 0 Å². The Hall–Kier alpha value is -1.09. The molecule has 0 aliphatic rings. The van der Waals surface area contributed by atoms with Crippen molar-refractivity contribution in [2.45, 2.75) is 11.9 Å². The minimum absolute atomic E-state index is 0.396. The van der Waals surface area contributed by atoms with Crippen molar-refractivity contribution in [1.82, 2.24) is 4.72 Å². The molecule has 1 amide bonds. The molecular formula is C9H7BrF3NO3S. The fourth-order valence-corrected chi connectivity index (χ4v) is 1.78. The molecule has 9 heteroatoms. The van der Waals surface area contributed by atoms with Crippen LogP contribution >= 0.6 is 15.9 Å². The van der Waals surface area contributed by atoms with E-state index in [2.05, 4.69) is 15.9 Å². The number of hydrogen-bond acceptors (Lipinski definition) is 3. The molecule has 1 N–H and O–H groups in total. The molecule has 100 valence electrons. The van der Waals surface area contributed by atoms with Gasteiger partial charge in [-0.15, -0.1) is 0 Å². The molecule has 1 aromatic rings. The number of carbonyl (C=O) groups excluding carboxylic acids is 1. The maximum absolute atomic E-state index is 12.0. The SMILES string of the molecule is O=C(Cc1ccc(Br)cc1)NS(=O)(=O)C(F)(F)F. The molecule has 0 atom stereocenters. The summed E-state index contributed by atoms with van der Waals surface area (Å²) in [5, 5.41) is 0. The molecule has 0 saturated carbocycles. The van der Waals surface area contributed by atoms with Crippen molar-refractivity contribution in [2.75, 3.05) is 0 Å². The second-order valence-corrected chi connectivity index (χ2v) is 5.87. The van der Waals surface area contributed by atoms with Gasteiger partial charge < -0.3 is 0 Å². The Bertz CT molecular complexity index is 539. The number of sulfonamides is 1. The fraction of sp³-hybridized carbons (Fsp3) is 0.222. The zero-order chi connectivity index (χ0) is 14.0. The van der Waals surface area contributed by atoms with Gasteiger partial charge in [-0.3, -0.25) is 4.79 Å². The normalized spacial score (nSPS) is 12.2. The smallest absolute Gasteiger partial charge is 0.274 e. The highest BCUT2D eigenvalue weighted by atomic mass is 79.9. The first-order valence-corrected chi connectivity index (χ1v) is 6.76. The van der Waals surface area contributed by atoms with Gasteiger partial charge in [0.25, 0.3) is 0 Å². The third-order valence-electron chi connectivity index (χ3n) is 1.83. The molecule has 0 fully saturated rings. The molecule has 0 spiro atoms. The van der Waals surface area contributed by atoms with Crippen LogP contribution in [0, 0.1) is 0 Å². The number of amides is 1. The largest absolute Gasteiger partial charge is 0.516 e. The lowest BCUT2D eigenvalue weighted by atomic mass is 10.1. The van der Waals surface area contributed by atoms with Crippen LogP contribution < -0.4 is 4.72 Å². The van der Waals surface area contributed by atoms with Crippen LogP contribution in [-0.4, -0.2) is 19.8 Å². The van der Waals surface area contributed by atoms with E-state index in [0.717, 1.165) is 9.19 Å². The van der Waals surface area contributed by atoms with Crippen molar-refractivity contribution in [2.24, 2.45) is 0 Å². The summed E-state index contributed by atoms with van der Waals surface area (Å²) in [5.41, 5.74) is -5.10. The minimum atomic E-state index is -5.63. The second-order valence-electron chi connectivity index (χ2n) is 3.28. The van der Waals surface area contributed by atoms with Gasteiger partial charge in [0.2, 0.25) is 5.91 Å². The van der Waals surface area contributed by atoms with Gasteiger partial charge in [0.1, 0.15) is 0 Å². The Balaban J connectivity index is 2.71. The van der Waals surface area contributed by atoms with E-state index in [1.54, 1.807) is 12.1 Å². The van der Waals surface area contributed by atoms with Crippen molar-refractivity contribution in [3.63, 3.8) is 0 Å². The van der Waals surface area contributed by atoms with Crippen molar-refractivity contribution in [1.29, 1.82) is 0 Å². The molecule has 0 aliphatic carbocycles. The highest BCUT2D eigenvalue weighted by Crippen LogP contribution is 2.21. The lowest BCUT2D eigenvalue weighted by molar-refractivity contribution is -0.119.